The number of nitrogens with zero attached hydrogens (tertiary/aromatic N) is 1. The van der Waals surface area contributed by atoms with Crippen molar-refractivity contribution < 1.29 is 28.6 Å². The highest BCUT2D eigenvalue weighted by Crippen LogP contribution is 2.24. The molecule has 1 heterocycles. The second kappa shape index (κ2) is 8.83. The van der Waals surface area contributed by atoms with Crippen LogP contribution in [0.25, 0.3) is 0 Å². The summed E-state index contributed by atoms with van der Waals surface area (Å²) >= 11 is 0. The van der Waals surface area contributed by atoms with Gasteiger partial charge in [0.25, 0.3) is 5.91 Å². The molecular formula is C21H17FN2O5. The number of methoxy groups -OCH3 is 1. The van der Waals surface area contributed by atoms with Gasteiger partial charge in [0, 0.05) is 23.4 Å². The molecule has 0 saturated carbocycles. The summed E-state index contributed by atoms with van der Waals surface area (Å²) < 4.78 is 24.6. The van der Waals surface area contributed by atoms with E-state index in [0.29, 0.717) is 17.1 Å². The molecule has 29 heavy (non-hydrogen) atoms. The van der Waals surface area contributed by atoms with Crippen LogP contribution in [0.5, 0.6) is 11.5 Å². The lowest BCUT2D eigenvalue weighted by atomic mass is 10.1. The number of carboxylic acids is 1. The number of hydrogen-bond donors (Lipinski definition) is 2. The van der Waals surface area contributed by atoms with Gasteiger partial charge in [-0.15, -0.1) is 0 Å². The lowest BCUT2D eigenvalue weighted by Crippen LogP contribution is -2.13. The number of anilines is 1. The van der Waals surface area contributed by atoms with Crippen molar-refractivity contribution >= 4 is 17.7 Å². The van der Waals surface area contributed by atoms with Crippen LogP contribution >= 0.6 is 0 Å². The molecule has 148 valence electrons. The van der Waals surface area contributed by atoms with Crippen molar-refractivity contribution in [1.82, 2.24) is 4.98 Å². The monoisotopic (exact) mass is 396 g/mol. The fraction of sp³-hybridized carbons (Fsp3) is 0.0952. The number of hydrogen-bond acceptors (Lipinski definition) is 5. The SMILES string of the molecule is COc1cc(OCc2ccccc2F)cc(C(=O)Nc2ccc(C(=O)O)cn2)c1. The maximum atomic E-state index is 13.8. The minimum atomic E-state index is -1.11. The molecule has 0 fully saturated rings. The van der Waals surface area contributed by atoms with Gasteiger partial charge < -0.3 is 19.9 Å². The van der Waals surface area contributed by atoms with Gasteiger partial charge in [-0.05, 0) is 30.3 Å². The van der Waals surface area contributed by atoms with E-state index in [1.165, 1.54) is 37.4 Å². The molecule has 7 nitrogen and oxygen atoms in total. The first-order chi connectivity index (χ1) is 14.0. The Balaban J connectivity index is 1.76. The summed E-state index contributed by atoms with van der Waals surface area (Å²) in [6.45, 7) is -0.0148. The Hall–Kier alpha value is -3.94. The minimum absolute atomic E-state index is 0.00760. The van der Waals surface area contributed by atoms with Crippen molar-refractivity contribution in [3.63, 3.8) is 0 Å². The number of benzene rings is 2. The fourth-order valence-electron chi connectivity index (χ4n) is 2.46. The van der Waals surface area contributed by atoms with Gasteiger partial charge in [-0.25, -0.2) is 14.2 Å². The van der Waals surface area contributed by atoms with Crippen LogP contribution in [0.3, 0.4) is 0 Å². The summed E-state index contributed by atoms with van der Waals surface area (Å²) in [4.78, 5) is 27.3. The molecule has 3 aromatic rings. The zero-order chi connectivity index (χ0) is 20.8. The lowest BCUT2D eigenvalue weighted by molar-refractivity contribution is 0.0696. The third-order valence-electron chi connectivity index (χ3n) is 3.98. The topological polar surface area (TPSA) is 97.8 Å². The molecule has 0 atom stereocenters. The van der Waals surface area contributed by atoms with Gasteiger partial charge in [-0.1, -0.05) is 18.2 Å². The van der Waals surface area contributed by atoms with Crippen molar-refractivity contribution in [3.8, 4) is 11.5 Å². The highest BCUT2D eigenvalue weighted by atomic mass is 19.1. The van der Waals surface area contributed by atoms with Crippen LogP contribution in [-0.2, 0) is 6.61 Å². The smallest absolute Gasteiger partial charge is 0.337 e. The third kappa shape index (κ3) is 5.07. The van der Waals surface area contributed by atoms with E-state index in [4.69, 9.17) is 14.6 Å². The summed E-state index contributed by atoms with van der Waals surface area (Å²) in [7, 11) is 1.45. The molecule has 3 rings (SSSR count). The van der Waals surface area contributed by atoms with E-state index < -0.39 is 11.9 Å². The van der Waals surface area contributed by atoms with Gasteiger partial charge in [0.1, 0.15) is 29.7 Å². The molecule has 8 heteroatoms. The first kappa shape index (κ1) is 19.8. The van der Waals surface area contributed by atoms with E-state index in [1.54, 1.807) is 24.3 Å². The molecule has 0 spiro atoms. The maximum Gasteiger partial charge on any atom is 0.337 e. The van der Waals surface area contributed by atoms with E-state index >= 15 is 0 Å². The third-order valence-corrected chi connectivity index (χ3v) is 3.98. The van der Waals surface area contributed by atoms with Crippen LogP contribution in [-0.4, -0.2) is 29.1 Å². The van der Waals surface area contributed by atoms with Gasteiger partial charge >= 0.3 is 5.97 Å². The van der Waals surface area contributed by atoms with Crippen LogP contribution in [0.4, 0.5) is 10.2 Å². The Labute approximate surface area is 165 Å². The predicted octanol–water partition coefficient (Wildman–Crippen LogP) is 3.76. The van der Waals surface area contributed by atoms with Crippen molar-refractivity contribution in [2.45, 2.75) is 6.61 Å². The van der Waals surface area contributed by atoms with Crippen LogP contribution < -0.4 is 14.8 Å². The predicted molar refractivity (Wildman–Crippen MR) is 103 cm³/mol. The Bertz CT molecular complexity index is 1040. The zero-order valence-corrected chi connectivity index (χ0v) is 15.4. The average Bonchev–Trinajstić information content (AvgIpc) is 2.73. The lowest BCUT2D eigenvalue weighted by Gasteiger charge is -2.11. The normalized spacial score (nSPS) is 10.3. The van der Waals surface area contributed by atoms with E-state index in [-0.39, 0.29) is 29.4 Å². The van der Waals surface area contributed by atoms with E-state index in [1.807, 2.05) is 0 Å². The van der Waals surface area contributed by atoms with Crippen molar-refractivity contribution in [2.24, 2.45) is 0 Å². The Morgan fingerprint density at radius 3 is 2.48 bits per heavy atom. The maximum absolute atomic E-state index is 13.8. The van der Waals surface area contributed by atoms with Crippen LogP contribution in [0.2, 0.25) is 0 Å². The molecule has 0 unspecified atom stereocenters. The first-order valence-electron chi connectivity index (χ1n) is 8.52. The molecule has 0 aliphatic carbocycles. The number of rotatable bonds is 7. The highest BCUT2D eigenvalue weighted by molar-refractivity contribution is 6.04. The molecule has 0 saturated heterocycles. The van der Waals surface area contributed by atoms with E-state index in [0.717, 1.165) is 6.20 Å². The molecule has 2 N–H and O–H groups in total. The first-order valence-corrected chi connectivity index (χ1v) is 8.52. The van der Waals surface area contributed by atoms with Gasteiger partial charge in [0.15, 0.2) is 0 Å². The fourth-order valence-corrected chi connectivity index (χ4v) is 2.46. The molecule has 0 aliphatic rings. The second-order valence-electron chi connectivity index (χ2n) is 5.97. The van der Waals surface area contributed by atoms with Gasteiger partial charge in [-0.2, -0.15) is 0 Å². The molecule has 0 radical (unpaired) electrons. The van der Waals surface area contributed by atoms with Crippen molar-refractivity contribution in [3.05, 3.63) is 83.3 Å². The number of aromatic nitrogens is 1. The Kier molecular flexibility index (Phi) is 6.03. The summed E-state index contributed by atoms with van der Waals surface area (Å²) in [5.41, 5.74) is 0.620. The standard InChI is InChI=1S/C21H17FN2O5/c1-28-16-8-15(20(25)24-19-7-6-13(11-23-19)21(26)27)9-17(10-16)29-12-14-4-2-3-5-18(14)22/h2-11H,12H2,1H3,(H,26,27)(H,23,24,25). The van der Waals surface area contributed by atoms with Crippen molar-refractivity contribution in [2.75, 3.05) is 12.4 Å². The number of nitrogens with one attached hydrogen (secondary N) is 1. The molecule has 0 bridgehead atoms. The van der Waals surface area contributed by atoms with E-state index in [9.17, 15) is 14.0 Å². The average molecular weight is 396 g/mol. The largest absolute Gasteiger partial charge is 0.497 e. The van der Waals surface area contributed by atoms with Crippen LogP contribution in [0.15, 0.2) is 60.8 Å². The number of carbonyl (C=O) groups is 2. The molecular weight excluding hydrogens is 379 g/mol. The van der Waals surface area contributed by atoms with Crippen LogP contribution in [0.1, 0.15) is 26.3 Å². The molecule has 1 amide bonds. The zero-order valence-electron chi connectivity index (χ0n) is 15.4. The Morgan fingerprint density at radius 1 is 1.07 bits per heavy atom. The summed E-state index contributed by atoms with van der Waals surface area (Å²) in [5, 5.41) is 11.5. The number of aromatic carboxylic acids is 1. The molecule has 1 aromatic heterocycles. The van der Waals surface area contributed by atoms with Crippen LogP contribution in [0, 0.1) is 5.82 Å². The number of ether oxygens (including phenoxy) is 2. The quantitative estimate of drug-likeness (QED) is 0.631. The summed E-state index contributed by atoms with van der Waals surface area (Å²) in [5.74, 6) is -1.08. The number of amides is 1. The van der Waals surface area contributed by atoms with Gasteiger partial charge in [0.05, 0.1) is 12.7 Å². The Morgan fingerprint density at radius 2 is 1.83 bits per heavy atom. The number of pyridine rings is 1. The van der Waals surface area contributed by atoms with Gasteiger partial charge in [0.2, 0.25) is 0 Å². The van der Waals surface area contributed by atoms with E-state index in [2.05, 4.69) is 10.3 Å². The number of carbonyl (C=O) groups excluding carboxylic acids is 1. The van der Waals surface area contributed by atoms with Crippen molar-refractivity contribution in [1.29, 1.82) is 0 Å². The minimum Gasteiger partial charge on any atom is -0.497 e. The summed E-state index contributed by atoms with van der Waals surface area (Å²) in [6, 6.07) is 13.5. The van der Waals surface area contributed by atoms with Gasteiger partial charge in [-0.3, -0.25) is 4.79 Å². The highest BCUT2D eigenvalue weighted by Gasteiger charge is 2.12. The summed E-state index contributed by atoms with van der Waals surface area (Å²) in [6.07, 6.45) is 1.15. The molecule has 2 aromatic carbocycles. The second-order valence-corrected chi connectivity index (χ2v) is 5.97. The number of carboxylic acid groups (broad SMARTS) is 1. The molecule has 0 aliphatic heterocycles. The number of halogens is 1.